The summed E-state index contributed by atoms with van der Waals surface area (Å²) in [4.78, 5) is 11.3. The van der Waals surface area contributed by atoms with Crippen LogP contribution in [0.25, 0.3) is 0 Å². The number of amides is 1. The fourth-order valence-corrected chi connectivity index (χ4v) is 2.86. The van der Waals surface area contributed by atoms with Crippen LogP contribution in [0.2, 0.25) is 0 Å². The molecular weight excluding hydrogens is 299 g/mol. The van der Waals surface area contributed by atoms with E-state index in [0.717, 1.165) is 31.4 Å². The van der Waals surface area contributed by atoms with E-state index in [2.05, 4.69) is 5.32 Å². The summed E-state index contributed by atoms with van der Waals surface area (Å²) < 4.78 is 41.2. The van der Waals surface area contributed by atoms with Crippen molar-refractivity contribution in [2.24, 2.45) is 5.14 Å². The molecule has 1 saturated carbocycles. The Hall–Kier alpha value is -1.51. The third kappa shape index (κ3) is 3.39. The molecule has 0 saturated heterocycles. The summed E-state index contributed by atoms with van der Waals surface area (Å²) in [5, 5.41) is 7.57. The molecule has 0 unspecified atom stereocenters. The lowest BCUT2D eigenvalue weighted by molar-refractivity contribution is -0.0679. The van der Waals surface area contributed by atoms with Crippen molar-refractivity contribution in [3.05, 3.63) is 29.6 Å². The molecule has 1 fully saturated rings. The first-order valence-electron chi connectivity index (χ1n) is 6.43. The maximum Gasteiger partial charge on any atom is 0.251 e. The van der Waals surface area contributed by atoms with Crippen LogP contribution in [0.4, 0.5) is 4.39 Å². The van der Waals surface area contributed by atoms with Crippen LogP contribution < -0.4 is 10.5 Å². The van der Waals surface area contributed by atoms with Crippen molar-refractivity contribution in [3.8, 4) is 0 Å². The molecule has 1 aromatic carbocycles. The number of nitrogens with one attached hydrogen (secondary N) is 1. The lowest BCUT2D eigenvalue weighted by Gasteiger charge is -2.40. The van der Waals surface area contributed by atoms with Gasteiger partial charge in [0.25, 0.3) is 5.91 Å². The van der Waals surface area contributed by atoms with Crippen molar-refractivity contribution in [2.75, 3.05) is 13.7 Å². The SMILES string of the molecule is COC1(CNC(=O)c2ccc(F)c(S(N)(=O)=O)c2)CCC1. The lowest BCUT2D eigenvalue weighted by atomic mass is 9.80. The van der Waals surface area contributed by atoms with Crippen molar-refractivity contribution in [3.63, 3.8) is 0 Å². The molecule has 0 radical (unpaired) electrons. The monoisotopic (exact) mass is 316 g/mol. The van der Waals surface area contributed by atoms with Gasteiger partial charge in [-0.3, -0.25) is 4.79 Å². The Kier molecular flexibility index (Phi) is 4.31. The highest BCUT2D eigenvalue weighted by Gasteiger charge is 2.37. The Balaban J connectivity index is 2.13. The van der Waals surface area contributed by atoms with Crippen molar-refractivity contribution < 1.29 is 22.3 Å². The minimum atomic E-state index is -4.21. The summed E-state index contributed by atoms with van der Waals surface area (Å²) in [6.07, 6.45) is 2.75. The predicted molar refractivity (Wildman–Crippen MR) is 73.7 cm³/mol. The average Bonchev–Trinajstić information content (AvgIpc) is 2.37. The highest BCUT2D eigenvalue weighted by atomic mass is 32.2. The number of methoxy groups -OCH3 is 1. The quantitative estimate of drug-likeness (QED) is 0.838. The molecule has 116 valence electrons. The maximum atomic E-state index is 13.4. The van der Waals surface area contributed by atoms with Crippen molar-refractivity contribution in [2.45, 2.75) is 29.8 Å². The number of primary sulfonamides is 1. The Morgan fingerprint density at radius 3 is 2.62 bits per heavy atom. The van der Waals surface area contributed by atoms with E-state index in [1.54, 1.807) is 7.11 Å². The van der Waals surface area contributed by atoms with Crippen LogP contribution in [0.3, 0.4) is 0 Å². The zero-order valence-electron chi connectivity index (χ0n) is 11.6. The van der Waals surface area contributed by atoms with E-state index in [0.29, 0.717) is 6.54 Å². The van der Waals surface area contributed by atoms with Crippen LogP contribution in [0.15, 0.2) is 23.1 Å². The van der Waals surface area contributed by atoms with E-state index < -0.39 is 26.6 Å². The first-order valence-corrected chi connectivity index (χ1v) is 7.98. The van der Waals surface area contributed by atoms with E-state index in [4.69, 9.17) is 9.88 Å². The Morgan fingerprint density at radius 2 is 2.14 bits per heavy atom. The third-order valence-corrected chi connectivity index (χ3v) is 4.69. The van der Waals surface area contributed by atoms with E-state index in [-0.39, 0.29) is 11.2 Å². The summed E-state index contributed by atoms with van der Waals surface area (Å²) in [7, 11) is -2.63. The number of hydrogen-bond acceptors (Lipinski definition) is 4. The van der Waals surface area contributed by atoms with Gasteiger partial charge in [0.05, 0.1) is 5.60 Å². The van der Waals surface area contributed by atoms with Crippen LogP contribution in [0.5, 0.6) is 0 Å². The molecule has 2 rings (SSSR count). The molecule has 0 aromatic heterocycles. The van der Waals surface area contributed by atoms with E-state index >= 15 is 0 Å². The summed E-state index contributed by atoms with van der Waals surface area (Å²) in [5.74, 6) is -1.48. The number of halogens is 1. The topological polar surface area (TPSA) is 98.5 Å². The number of hydrogen-bond donors (Lipinski definition) is 2. The van der Waals surface area contributed by atoms with Gasteiger partial charge in [-0.2, -0.15) is 0 Å². The Morgan fingerprint density at radius 1 is 1.48 bits per heavy atom. The third-order valence-electron chi connectivity index (χ3n) is 3.77. The number of benzene rings is 1. The molecule has 8 heteroatoms. The number of ether oxygens (including phenoxy) is 1. The van der Waals surface area contributed by atoms with Crippen molar-refractivity contribution in [1.29, 1.82) is 0 Å². The van der Waals surface area contributed by atoms with Crippen molar-refractivity contribution >= 4 is 15.9 Å². The van der Waals surface area contributed by atoms with Gasteiger partial charge in [0.1, 0.15) is 10.7 Å². The minimum Gasteiger partial charge on any atom is -0.376 e. The number of nitrogens with two attached hydrogens (primary N) is 1. The molecular formula is C13H17FN2O4S. The number of rotatable bonds is 5. The molecule has 0 bridgehead atoms. The predicted octanol–water partition coefficient (Wildman–Crippen LogP) is 0.772. The van der Waals surface area contributed by atoms with Gasteiger partial charge in [-0.25, -0.2) is 17.9 Å². The van der Waals surface area contributed by atoms with Gasteiger partial charge in [0.2, 0.25) is 10.0 Å². The number of sulfonamides is 1. The van der Waals surface area contributed by atoms with Crippen LogP contribution in [0.1, 0.15) is 29.6 Å². The second-order valence-electron chi connectivity index (χ2n) is 5.11. The second kappa shape index (κ2) is 5.70. The molecule has 1 aromatic rings. The van der Waals surface area contributed by atoms with E-state index in [9.17, 15) is 17.6 Å². The molecule has 6 nitrogen and oxygen atoms in total. The lowest BCUT2D eigenvalue weighted by Crippen LogP contribution is -2.49. The van der Waals surface area contributed by atoms with Gasteiger partial charge in [-0.1, -0.05) is 0 Å². The molecule has 21 heavy (non-hydrogen) atoms. The van der Waals surface area contributed by atoms with Gasteiger partial charge in [-0.15, -0.1) is 0 Å². The van der Waals surface area contributed by atoms with Gasteiger partial charge in [0.15, 0.2) is 0 Å². The average molecular weight is 316 g/mol. The van der Waals surface area contributed by atoms with Gasteiger partial charge < -0.3 is 10.1 Å². The van der Waals surface area contributed by atoms with Gasteiger partial charge in [-0.05, 0) is 37.5 Å². The summed E-state index contributed by atoms with van der Waals surface area (Å²) in [6, 6.07) is 3.05. The number of carbonyl (C=O) groups excluding carboxylic acids is 1. The molecule has 3 N–H and O–H groups in total. The van der Waals surface area contributed by atoms with E-state index in [1.807, 2.05) is 0 Å². The molecule has 0 aliphatic heterocycles. The van der Waals surface area contributed by atoms with E-state index in [1.165, 1.54) is 6.07 Å². The fourth-order valence-electron chi connectivity index (χ4n) is 2.23. The zero-order chi connectivity index (χ0) is 15.7. The highest BCUT2D eigenvalue weighted by Crippen LogP contribution is 2.34. The van der Waals surface area contributed by atoms with Gasteiger partial charge in [0, 0.05) is 19.2 Å². The first kappa shape index (κ1) is 15.9. The summed E-state index contributed by atoms with van der Waals surface area (Å²) in [5.41, 5.74) is -0.315. The van der Waals surface area contributed by atoms with Gasteiger partial charge >= 0.3 is 0 Å². The molecule has 0 spiro atoms. The smallest absolute Gasteiger partial charge is 0.251 e. The first-order chi connectivity index (χ1) is 9.77. The molecule has 1 aliphatic carbocycles. The molecule has 1 aliphatic rings. The normalized spacial score (nSPS) is 17.1. The summed E-state index contributed by atoms with van der Waals surface area (Å²) >= 11 is 0. The second-order valence-corrected chi connectivity index (χ2v) is 6.64. The molecule has 0 atom stereocenters. The standard InChI is InChI=1S/C13H17FN2O4S/c1-20-13(5-2-6-13)8-16-12(17)9-3-4-10(14)11(7-9)21(15,18)19/h3-4,7H,2,5-6,8H2,1H3,(H,16,17)(H2,15,18,19). The fraction of sp³-hybridized carbons (Fsp3) is 0.462. The van der Waals surface area contributed by atoms with Crippen LogP contribution in [0, 0.1) is 5.82 Å². The van der Waals surface area contributed by atoms with Crippen LogP contribution in [-0.2, 0) is 14.8 Å². The summed E-state index contributed by atoms with van der Waals surface area (Å²) in [6.45, 7) is 0.324. The molecule has 1 amide bonds. The Bertz CT molecular complexity index is 651. The largest absolute Gasteiger partial charge is 0.376 e. The zero-order valence-corrected chi connectivity index (χ0v) is 12.4. The number of carbonyl (C=O) groups is 1. The van der Waals surface area contributed by atoms with Crippen LogP contribution in [-0.4, -0.2) is 33.6 Å². The highest BCUT2D eigenvalue weighted by molar-refractivity contribution is 7.89. The molecule has 0 heterocycles. The Labute approximate surface area is 122 Å². The maximum absolute atomic E-state index is 13.4. The minimum absolute atomic E-state index is 0.0333. The van der Waals surface area contributed by atoms with Crippen LogP contribution >= 0.6 is 0 Å². The van der Waals surface area contributed by atoms with Crippen molar-refractivity contribution in [1.82, 2.24) is 5.32 Å².